The van der Waals surface area contributed by atoms with Crippen LogP contribution in [-0.2, 0) is 11.2 Å². The van der Waals surface area contributed by atoms with Gasteiger partial charge in [0, 0.05) is 12.6 Å². The normalized spacial score (nSPS) is 11.9. The number of aromatic nitrogens is 2. The van der Waals surface area contributed by atoms with Crippen molar-refractivity contribution in [3.05, 3.63) is 64.1 Å². The number of benzene rings is 1. The van der Waals surface area contributed by atoms with Crippen LogP contribution in [0.3, 0.4) is 0 Å². The zero-order chi connectivity index (χ0) is 15.2. The minimum absolute atomic E-state index is 0.203. The molecule has 5 nitrogen and oxygen atoms in total. The van der Waals surface area contributed by atoms with Gasteiger partial charge in [-0.25, -0.2) is 4.68 Å². The largest absolute Gasteiger partial charge is 0.354 e. The van der Waals surface area contributed by atoms with E-state index >= 15 is 0 Å². The van der Waals surface area contributed by atoms with E-state index in [0.29, 0.717) is 12.2 Å². The van der Waals surface area contributed by atoms with E-state index in [-0.39, 0.29) is 11.5 Å². The molecule has 5 heteroatoms. The third-order valence-corrected chi connectivity index (χ3v) is 3.26. The molecule has 2 aromatic rings. The predicted octanol–water partition coefficient (Wildman–Crippen LogP) is 1.47. The smallest absolute Gasteiger partial charge is 0.267 e. The first-order chi connectivity index (χ1) is 10.1. The fourth-order valence-corrected chi connectivity index (χ4v) is 2.03. The SMILES string of the molecule is Cc1ccc(=O)n([C@H](C)C(=O)NCCc2ccccc2)n1. The summed E-state index contributed by atoms with van der Waals surface area (Å²) in [6.45, 7) is 4.00. The first-order valence-electron chi connectivity index (χ1n) is 6.96. The van der Waals surface area contributed by atoms with Gasteiger partial charge in [0.05, 0.1) is 5.69 Å². The van der Waals surface area contributed by atoms with Gasteiger partial charge in [-0.05, 0) is 31.9 Å². The van der Waals surface area contributed by atoms with Crippen LogP contribution in [0.1, 0.15) is 24.2 Å². The van der Waals surface area contributed by atoms with Gasteiger partial charge in [-0.3, -0.25) is 9.59 Å². The molecule has 1 heterocycles. The molecule has 0 saturated carbocycles. The van der Waals surface area contributed by atoms with E-state index < -0.39 is 6.04 Å². The zero-order valence-electron chi connectivity index (χ0n) is 12.2. The number of aryl methyl sites for hydroxylation is 1. The van der Waals surface area contributed by atoms with Crippen LogP contribution < -0.4 is 10.9 Å². The Hall–Kier alpha value is -2.43. The first kappa shape index (κ1) is 15.0. The van der Waals surface area contributed by atoms with E-state index in [1.165, 1.54) is 10.7 Å². The molecule has 0 unspecified atom stereocenters. The Kier molecular flexibility index (Phi) is 4.87. The predicted molar refractivity (Wildman–Crippen MR) is 81.1 cm³/mol. The molecule has 2 rings (SSSR count). The quantitative estimate of drug-likeness (QED) is 0.905. The summed E-state index contributed by atoms with van der Waals surface area (Å²) in [4.78, 5) is 23.8. The standard InChI is InChI=1S/C16H19N3O2/c1-12-8-9-15(20)19(18-12)13(2)16(21)17-11-10-14-6-4-3-5-7-14/h3-9,13H,10-11H2,1-2H3,(H,17,21)/t13-/m1/s1. The van der Waals surface area contributed by atoms with Crippen LogP contribution in [-0.4, -0.2) is 22.2 Å². The summed E-state index contributed by atoms with van der Waals surface area (Å²) in [5, 5.41) is 6.94. The topological polar surface area (TPSA) is 64.0 Å². The number of carbonyl (C=O) groups is 1. The third-order valence-electron chi connectivity index (χ3n) is 3.26. The number of nitrogens with one attached hydrogen (secondary N) is 1. The highest BCUT2D eigenvalue weighted by atomic mass is 16.2. The molecular weight excluding hydrogens is 266 g/mol. The van der Waals surface area contributed by atoms with Gasteiger partial charge in [-0.1, -0.05) is 30.3 Å². The number of carbonyl (C=O) groups excluding carboxylic acids is 1. The van der Waals surface area contributed by atoms with Crippen LogP contribution in [0.25, 0.3) is 0 Å². The highest BCUT2D eigenvalue weighted by Crippen LogP contribution is 2.02. The van der Waals surface area contributed by atoms with Crippen molar-refractivity contribution in [2.24, 2.45) is 0 Å². The molecular formula is C16H19N3O2. The summed E-state index contributed by atoms with van der Waals surface area (Å²) < 4.78 is 1.22. The summed E-state index contributed by atoms with van der Waals surface area (Å²) in [6.07, 6.45) is 0.759. The Bertz CT molecular complexity index is 665. The lowest BCUT2D eigenvalue weighted by molar-refractivity contribution is -0.124. The second-order valence-electron chi connectivity index (χ2n) is 4.96. The van der Waals surface area contributed by atoms with Crippen LogP contribution in [0.5, 0.6) is 0 Å². The maximum Gasteiger partial charge on any atom is 0.267 e. The molecule has 1 N–H and O–H groups in total. The number of hydrogen-bond acceptors (Lipinski definition) is 3. The Balaban J connectivity index is 1.94. The minimum atomic E-state index is -0.617. The molecule has 0 spiro atoms. The molecule has 0 saturated heterocycles. The van der Waals surface area contributed by atoms with E-state index in [9.17, 15) is 9.59 Å². The van der Waals surface area contributed by atoms with E-state index in [2.05, 4.69) is 10.4 Å². The van der Waals surface area contributed by atoms with Crippen LogP contribution >= 0.6 is 0 Å². The number of hydrogen-bond donors (Lipinski definition) is 1. The summed E-state index contributed by atoms with van der Waals surface area (Å²) >= 11 is 0. The third kappa shape index (κ3) is 4.02. The molecule has 21 heavy (non-hydrogen) atoms. The Morgan fingerprint density at radius 1 is 1.24 bits per heavy atom. The average molecular weight is 285 g/mol. The second kappa shape index (κ2) is 6.83. The van der Waals surface area contributed by atoms with Crippen LogP contribution in [0.4, 0.5) is 0 Å². The Morgan fingerprint density at radius 2 is 1.95 bits per heavy atom. The van der Waals surface area contributed by atoms with Crippen molar-refractivity contribution in [2.75, 3.05) is 6.54 Å². The van der Waals surface area contributed by atoms with E-state index in [1.807, 2.05) is 30.3 Å². The van der Waals surface area contributed by atoms with Gasteiger partial charge >= 0.3 is 0 Å². The van der Waals surface area contributed by atoms with Crippen molar-refractivity contribution < 1.29 is 4.79 Å². The van der Waals surface area contributed by atoms with Gasteiger partial charge in [-0.15, -0.1) is 0 Å². The molecule has 0 aliphatic heterocycles. The molecule has 110 valence electrons. The summed E-state index contributed by atoms with van der Waals surface area (Å²) in [5.74, 6) is -0.203. The summed E-state index contributed by atoms with van der Waals surface area (Å²) in [5.41, 5.74) is 1.60. The van der Waals surface area contributed by atoms with E-state index in [4.69, 9.17) is 0 Å². The van der Waals surface area contributed by atoms with Crippen LogP contribution in [0.2, 0.25) is 0 Å². The van der Waals surface area contributed by atoms with Crippen LogP contribution in [0, 0.1) is 6.92 Å². The molecule has 0 fully saturated rings. The Labute approximate surface area is 123 Å². The van der Waals surface area contributed by atoms with Gasteiger partial charge in [0.1, 0.15) is 6.04 Å². The molecule has 0 aliphatic rings. The lowest BCUT2D eigenvalue weighted by Crippen LogP contribution is -2.37. The fraction of sp³-hybridized carbons (Fsp3) is 0.312. The van der Waals surface area contributed by atoms with E-state index in [0.717, 1.165) is 12.0 Å². The highest BCUT2D eigenvalue weighted by molar-refractivity contribution is 5.79. The van der Waals surface area contributed by atoms with E-state index in [1.54, 1.807) is 19.9 Å². The average Bonchev–Trinajstić information content (AvgIpc) is 2.50. The van der Waals surface area contributed by atoms with Crippen molar-refractivity contribution >= 4 is 5.91 Å². The molecule has 1 aromatic heterocycles. The lowest BCUT2D eigenvalue weighted by atomic mass is 10.1. The van der Waals surface area contributed by atoms with Gasteiger partial charge in [0.15, 0.2) is 0 Å². The number of rotatable bonds is 5. The van der Waals surface area contributed by atoms with Gasteiger partial charge in [-0.2, -0.15) is 5.10 Å². The maximum absolute atomic E-state index is 12.1. The van der Waals surface area contributed by atoms with Gasteiger partial charge < -0.3 is 5.32 Å². The molecule has 0 radical (unpaired) electrons. The second-order valence-corrected chi connectivity index (χ2v) is 4.96. The molecule has 0 aliphatic carbocycles. The van der Waals surface area contributed by atoms with Crippen molar-refractivity contribution in [2.45, 2.75) is 26.3 Å². The fourth-order valence-electron chi connectivity index (χ4n) is 2.03. The van der Waals surface area contributed by atoms with Crippen molar-refractivity contribution in [3.8, 4) is 0 Å². The first-order valence-corrected chi connectivity index (χ1v) is 6.96. The number of amides is 1. The minimum Gasteiger partial charge on any atom is -0.354 e. The lowest BCUT2D eigenvalue weighted by Gasteiger charge is -2.14. The maximum atomic E-state index is 12.1. The van der Waals surface area contributed by atoms with Crippen LogP contribution in [0.15, 0.2) is 47.3 Å². The molecule has 0 bridgehead atoms. The van der Waals surface area contributed by atoms with Gasteiger partial charge in [0.25, 0.3) is 5.56 Å². The van der Waals surface area contributed by atoms with Gasteiger partial charge in [0.2, 0.25) is 5.91 Å². The number of nitrogens with zero attached hydrogens (tertiary/aromatic N) is 2. The summed E-state index contributed by atoms with van der Waals surface area (Å²) in [6, 6.07) is 12.4. The Morgan fingerprint density at radius 3 is 2.67 bits per heavy atom. The highest BCUT2D eigenvalue weighted by Gasteiger charge is 2.16. The monoisotopic (exact) mass is 285 g/mol. The summed E-state index contributed by atoms with van der Waals surface area (Å²) in [7, 11) is 0. The van der Waals surface area contributed by atoms with Crippen molar-refractivity contribution in [1.29, 1.82) is 0 Å². The van der Waals surface area contributed by atoms with Crippen molar-refractivity contribution in [1.82, 2.24) is 15.1 Å². The zero-order valence-corrected chi connectivity index (χ0v) is 12.2. The molecule has 1 atom stereocenters. The molecule has 1 aromatic carbocycles. The van der Waals surface area contributed by atoms with Crippen molar-refractivity contribution in [3.63, 3.8) is 0 Å². The molecule has 1 amide bonds.